The molecular weight excluding hydrogens is 420 g/mol. The van der Waals surface area contributed by atoms with Crippen molar-refractivity contribution in [2.75, 3.05) is 26.0 Å². The average molecular weight is 446 g/mol. The molecule has 0 bridgehead atoms. The number of piperidine rings is 1. The molecule has 1 saturated heterocycles. The predicted molar refractivity (Wildman–Crippen MR) is 115 cm³/mol. The Balaban J connectivity index is 1.17. The molecule has 0 radical (unpaired) electrons. The lowest BCUT2D eigenvalue weighted by Gasteiger charge is -2.22. The monoisotopic (exact) mass is 445 g/mol. The summed E-state index contributed by atoms with van der Waals surface area (Å²) in [6, 6.07) is 10.2. The molecule has 2 atom stereocenters. The zero-order valence-corrected chi connectivity index (χ0v) is 18.4. The van der Waals surface area contributed by atoms with Gasteiger partial charge in [0, 0.05) is 23.9 Å². The number of carbonyl (C=O) groups excluding carboxylic acids is 1. The summed E-state index contributed by atoms with van der Waals surface area (Å²) in [5.74, 6) is -0.861. The Morgan fingerprint density at radius 1 is 1.10 bits per heavy atom. The molecule has 5 rings (SSSR count). The standard InChI is InChI=1S/C24H25F2NO3S/c1-24(7-8-24)30-23(28)27-11-17-18(12-27)19(17)13-29-22-20(25)9-15(10-21(22)26)14-3-5-16(31-2)6-4-14/h3-6,9-10,17-19H,7-8,11-13H2,1-2H3. The Morgan fingerprint density at radius 2 is 1.71 bits per heavy atom. The van der Waals surface area contributed by atoms with Crippen LogP contribution in [0.2, 0.25) is 0 Å². The molecule has 0 N–H and O–H groups in total. The lowest BCUT2D eigenvalue weighted by atomic mass is 10.1. The van der Waals surface area contributed by atoms with Crippen LogP contribution in [-0.4, -0.2) is 42.5 Å². The fourth-order valence-electron chi connectivity index (χ4n) is 4.43. The van der Waals surface area contributed by atoms with Crippen molar-refractivity contribution in [3.8, 4) is 16.9 Å². The third-order valence-corrected chi connectivity index (χ3v) is 7.50. The zero-order valence-electron chi connectivity index (χ0n) is 17.6. The molecule has 164 valence electrons. The van der Waals surface area contributed by atoms with Crippen molar-refractivity contribution < 1.29 is 23.0 Å². The number of likely N-dealkylation sites (tertiary alicyclic amines) is 1. The molecule has 1 aliphatic heterocycles. The Morgan fingerprint density at radius 3 is 2.26 bits per heavy atom. The van der Waals surface area contributed by atoms with Crippen LogP contribution < -0.4 is 4.74 Å². The summed E-state index contributed by atoms with van der Waals surface area (Å²) in [4.78, 5) is 15.0. The molecule has 0 spiro atoms. The van der Waals surface area contributed by atoms with Gasteiger partial charge in [0.05, 0.1) is 6.61 Å². The van der Waals surface area contributed by atoms with Crippen LogP contribution in [0.4, 0.5) is 13.6 Å². The van der Waals surface area contributed by atoms with Crippen LogP contribution in [0.5, 0.6) is 5.75 Å². The maximum absolute atomic E-state index is 14.6. The summed E-state index contributed by atoms with van der Waals surface area (Å²) in [6.45, 7) is 3.46. The van der Waals surface area contributed by atoms with Gasteiger partial charge in [-0.25, -0.2) is 13.6 Å². The van der Waals surface area contributed by atoms with Crippen LogP contribution in [0.15, 0.2) is 41.3 Å². The van der Waals surface area contributed by atoms with E-state index in [0.29, 0.717) is 30.5 Å². The number of thioether (sulfide) groups is 1. The van der Waals surface area contributed by atoms with Crippen LogP contribution in [-0.2, 0) is 4.74 Å². The Labute approximate surface area is 184 Å². The van der Waals surface area contributed by atoms with Gasteiger partial charge in [0.1, 0.15) is 5.60 Å². The Kier molecular flexibility index (Phi) is 5.12. The van der Waals surface area contributed by atoms with Crippen molar-refractivity contribution in [1.29, 1.82) is 0 Å². The van der Waals surface area contributed by atoms with Crippen molar-refractivity contribution in [3.05, 3.63) is 48.0 Å². The van der Waals surface area contributed by atoms with Crippen LogP contribution in [0.25, 0.3) is 11.1 Å². The van der Waals surface area contributed by atoms with Gasteiger partial charge in [-0.1, -0.05) is 12.1 Å². The lowest BCUT2D eigenvalue weighted by molar-refractivity contribution is 0.0596. The van der Waals surface area contributed by atoms with E-state index in [2.05, 4.69) is 0 Å². The van der Waals surface area contributed by atoms with Crippen LogP contribution in [0.3, 0.4) is 0 Å². The summed E-state index contributed by atoms with van der Waals surface area (Å²) >= 11 is 1.61. The smallest absolute Gasteiger partial charge is 0.410 e. The summed E-state index contributed by atoms with van der Waals surface area (Å²) in [7, 11) is 0. The minimum absolute atomic E-state index is 0.220. The van der Waals surface area contributed by atoms with Crippen LogP contribution in [0.1, 0.15) is 19.8 Å². The first kappa shape index (κ1) is 20.6. The molecule has 1 heterocycles. The third-order valence-electron chi connectivity index (χ3n) is 6.76. The van der Waals surface area contributed by atoms with Crippen molar-refractivity contribution in [2.45, 2.75) is 30.3 Å². The highest BCUT2D eigenvalue weighted by Crippen LogP contribution is 2.52. The van der Waals surface area contributed by atoms with Gasteiger partial charge in [0.25, 0.3) is 0 Å². The average Bonchev–Trinajstić information content (AvgIpc) is 3.58. The van der Waals surface area contributed by atoms with Gasteiger partial charge in [-0.2, -0.15) is 0 Å². The SMILES string of the molecule is CSc1ccc(-c2cc(F)c(OCC3C4CN(C(=O)OC5(C)CC5)CC34)c(F)c2)cc1. The van der Waals surface area contributed by atoms with E-state index < -0.39 is 11.6 Å². The highest BCUT2D eigenvalue weighted by molar-refractivity contribution is 7.98. The van der Waals surface area contributed by atoms with E-state index in [1.165, 1.54) is 12.1 Å². The predicted octanol–water partition coefficient (Wildman–Crippen LogP) is 5.60. The molecule has 7 heteroatoms. The topological polar surface area (TPSA) is 38.8 Å². The van der Waals surface area contributed by atoms with Gasteiger partial charge in [0.15, 0.2) is 17.4 Å². The van der Waals surface area contributed by atoms with Gasteiger partial charge < -0.3 is 14.4 Å². The molecule has 3 aliphatic rings. The number of ether oxygens (including phenoxy) is 2. The number of nitrogens with zero attached hydrogens (tertiary/aromatic N) is 1. The summed E-state index contributed by atoms with van der Waals surface area (Å²) in [6.07, 6.45) is 3.58. The first-order valence-electron chi connectivity index (χ1n) is 10.6. The minimum atomic E-state index is -0.697. The summed E-state index contributed by atoms with van der Waals surface area (Å²) in [5.41, 5.74) is 0.965. The van der Waals surface area contributed by atoms with Gasteiger partial charge >= 0.3 is 6.09 Å². The van der Waals surface area contributed by atoms with E-state index in [1.807, 2.05) is 37.4 Å². The molecule has 0 aromatic heterocycles. The van der Waals surface area contributed by atoms with E-state index in [1.54, 1.807) is 16.7 Å². The molecule has 2 aromatic carbocycles. The summed E-state index contributed by atoms with van der Waals surface area (Å²) < 4.78 is 40.3. The maximum atomic E-state index is 14.6. The third kappa shape index (κ3) is 4.12. The molecule has 31 heavy (non-hydrogen) atoms. The summed E-state index contributed by atoms with van der Waals surface area (Å²) in [5, 5.41) is 0. The second-order valence-electron chi connectivity index (χ2n) is 9.02. The molecule has 2 saturated carbocycles. The highest BCUT2D eigenvalue weighted by Gasteiger charge is 2.58. The number of carbonyl (C=O) groups is 1. The number of fused-ring (bicyclic) bond motifs is 1. The number of rotatable bonds is 6. The first-order valence-corrected chi connectivity index (χ1v) is 11.8. The maximum Gasteiger partial charge on any atom is 0.410 e. The number of amides is 1. The first-order chi connectivity index (χ1) is 14.9. The fourth-order valence-corrected chi connectivity index (χ4v) is 4.83. The van der Waals surface area contributed by atoms with Gasteiger partial charge in [-0.3, -0.25) is 0 Å². The van der Waals surface area contributed by atoms with E-state index >= 15 is 0 Å². The van der Waals surface area contributed by atoms with Gasteiger partial charge in [-0.15, -0.1) is 11.8 Å². The van der Waals surface area contributed by atoms with Crippen LogP contribution in [0, 0.1) is 29.4 Å². The normalized spacial score (nSPS) is 25.2. The van der Waals surface area contributed by atoms with Crippen molar-refractivity contribution in [3.63, 3.8) is 0 Å². The number of hydrogen-bond donors (Lipinski definition) is 0. The number of halogens is 2. The molecular formula is C24H25F2NO3S. The molecule has 2 unspecified atom stereocenters. The second kappa shape index (κ2) is 7.69. The van der Waals surface area contributed by atoms with Gasteiger partial charge in [0.2, 0.25) is 0 Å². The fraction of sp³-hybridized carbons (Fsp3) is 0.458. The van der Waals surface area contributed by atoms with Gasteiger partial charge in [-0.05, 0) is 73.2 Å². The molecule has 4 nitrogen and oxygen atoms in total. The highest BCUT2D eigenvalue weighted by atomic mass is 32.2. The van der Waals surface area contributed by atoms with Crippen molar-refractivity contribution in [1.82, 2.24) is 4.90 Å². The van der Waals surface area contributed by atoms with E-state index in [0.717, 1.165) is 23.3 Å². The number of hydrogen-bond acceptors (Lipinski definition) is 4. The Hall–Kier alpha value is -2.28. The molecule has 3 fully saturated rings. The van der Waals surface area contributed by atoms with Crippen molar-refractivity contribution >= 4 is 17.9 Å². The largest absolute Gasteiger partial charge is 0.487 e. The van der Waals surface area contributed by atoms with E-state index in [4.69, 9.17) is 9.47 Å². The zero-order chi connectivity index (χ0) is 21.8. The van der Waals surface area contributed by atoms with Crippen molar-refractivity contribution in [2.24, 2.45) is 17.8 Å². The lowest BCUT2D eigenvalue weighted by Crippen LogP contribution is -2.35. The second-order valence-corrected chi connectivity index (χ2v) is 9.90. The number of benzene rings is 2. The molecule has 2 aromatic rings. The van der Waals surface area contributed by atoms with E-state index in [-0.39, 0.29) is 30.0 Å². The van der Waals surface area contributed by atoms with Crippen LogP contribution >= 0.6 is 11.8 Å². The minimum Gasteiger partial charge on any atom is -0.487 e. The quantitative estimate of drug-likeness (QED) is 0.543. The van der Waals surface area contributed by atoms with E-state index in [9.17, 15) is 13.6 Å². The Bertz CT molecular complexity index is 973. The molecule has 2 aliphatic carbocycles. The molecule has 1 amide bonds.